The van der Waals surface area contributed by atoms with Crippen molar-refractivity contribution < 1.29 is 12.6 Å². The molecule has 22 heavy (non-hydrogen) atoms. The first kappa shape index (κ1) is 14.5. The van der Waals surface area contributed by atoms with Crippen LogP contribution in [0.1, 0.15) is 41.3 Å². The van der Waals surface area contributed by atoms with E-state index >= 15 is 0 Å². The van der Waals surface area contributed by atoms with Crippen molar-refractivity contribution in [2.45, 2.75) is 41.0 Å². The van der Waals surface area contributed by atoms with E-state index in [-0.39, 0.29) is 9.75 Å². The van der Waals surface area contributed by atoms with Gasteiger partial charge in [-0.25, -0.2) is 0 Å². The van der Waals surface area contributed by atoms with Gasteiger partial charge in [-0.1, -0.05) is 0 Å². The van der Waals surface area contributed by atoms with Crippen molar-refractivity contribution in [3.8, 4) is 0 Å². The number of hydrogen-bond donors (Lipinski definition) is 0. The molecule has 116 valence electrons. The molecular formula is C17H19NO3Te. The van der Waals surface area contributed by atoms with Gasteiger partial charge in [0.1, 0.15) is 0 Å². The second-order valence-corrected chi connectivity index (χ2v) is 11.1. The number of ketones is 1. The van der Waals surface area contributed by atoms with Crippen LogP contribution >= 0.6 is 0 Å². The predicted octanol–water partition coefficient (Wildman–Crippen LogP) is 2.24. The van der Waals surface area contributed by atoms with Gasteiger partial charge in [0.2, 0.25) is 0 Å². The molecule has 0 amide bonds. The van der Waals surface area contributed by atoms with Gasteiger partial charge in [-0.2, -0.15) is 0 Å². The molecule has 1 aliphatic heterocycles. The number of fused-ring (bicyclic) bond motifs is 5. The molecule has 3 aliphatic rings. The molecule has 0 unspecified atom stereocenters. The van der Waals surface area contributed by atoms with Crippen molar-refractivity contribution in [3.63, 3.8) is 0 Å². The Kier molecular flexibility index (Phi) is 3.47. The summed E-state index contributed by atoms with van der Waals surface area (Å²) in [6.07, 6.45) is 6.99. The van der Waals surface area contributed by atoms with Crippen LogP contribution in [0.5, 0.6) is 0 Å². The fraction of sp³-hybridized carbons (Fsp3) is 0.529. The fourth-order valence-electron chi connectivity index (χ4n) is 4.64. The molecule has 0 radical (unpaired) electrons. The van der Waals surface area contributed by atoms with E-state index in [1.807, 2.05) is 6.07 Å². The molecule has 2 aliphatic carbocycles. The number of Topliss-reactive ketones (excluding diaryl/α,β-unsaturated/α-hetero) is 1. The third-order valence-electron chi connectivity index (χ3n) is 5.56. The average molecular weight is 413 g/mol. The third kappa shape index (κ3) is 2.10. The van der Waals surface area contributed by atoms with Crippen LogP contribution in [0, 0.1) is 17.0 Å². The number of aromatic nitrogens is 1. The summed E-state index contributed by atoms with van der Waals surface area (Å²) in [6.45, 7) is 1.64. The van der Waals surface area contributed by atoms with Gasteiger partial charge in [0.05, 0.1) is 0 Å². The Hall–Kier alpha value is -1.05. The second kappa shape index (κ2) is 5.25. The molecule has 4 nitrogen and oxygen atoms in total. The van der Waals surface area contributed by atoms with Gasteiger partial charge in [-0.3, -0.25) is 0 Å². The summed E-state index contributed by atoms with van der Waals surface area (Å²) >= 11 is -2.55. The number of hydrogen-bond acceptors (Lipinski definition) is 3. The van der Waals surface area contributed by atoms with Crippen LogP contribution in [-0.2, 0) is 14.3 Å². The Balaban J connectivity index is 1.78. The Morgan fingerprint density at radius 2 is 2.18 bits per heavy atom. The van der Waals surface area contributed by atoms with E-state index in [9.17, 15) is 13.1 Å². The molecule has 0 N–H and O–H groups in total. The van der Waals surface area contributed by atoms with Crippen LogP contribution in [0.2, 0.25) is 4.47 Å². The van der Waals surface area contributed by atoms with Crippen molar-refractivity contribution in [2.24, 2.45) is 11.8 Å². The van der Waals surface area contributed by atoms with E-state index in [0.29, 0.717) is 16.3 Å². The molecule has 0 saturated carbocycles. The number of rotatable bonds is 1. The summed E-state index contributed by atoms with van der Waals surface area (Å²) < 4.78 is 14.7. The first-order valence-electron chi connectivity index (χ1n) is 7.88. The number of nitrogens with zero attached hydrogens (tertiary/aromatic N) is 1. The number of aryl methyl sites for hydroxylation is 1. The van der Waals surface area contributed by atoms with Crippen LogP contribution in [0.15, 0.2) is 29.6 Å². The summed E-state index contributed by atoms with van der Waals surface area (Å²) in [7, 11) is 0. The maximum atomic E-state index is 13.0. The van der Waals surface area contributed by atoms with Crippen LogP contribution < -0.4 is 4.73 Å². The van der Waals surface area contributed by atoms with Crippen molar-refractivity contribution in [1.82, 2.24) is 0 Å². The minimum atomic E-state index is -2.55. The molecule has 0 spiro atoms. The van der Waals surface area contributed by atoms with Crippen molar-refractivity contribution in [3.05, 3.63) is 45.9 Å². The van der Waals surface area contributed by atoms with Gasteiger partial charge >= 0.3 is 137 Å². The molecule has 4 rings (SSSR count). The number of carbonyl (C=O) groups excluding carboxylic acids is 1. The van der Waals surface area contributed by atoms with E-state index < -0.39 is 19.5 Å². The first-order chi connectivity index (χ1) is 10.6. The topological polar surface area (TPSA) is 61.1 Å². The zero-order chi connectivity index (χ0) is 15.4. The molecular weight excluding hydrogens is 394 g/mol. The summed E-state index contributed by atoms with van der Waals surface area (Å²) in [5.41, 5.74) is 4.45. The SMILES string of the molecule is CC(=O)C1=C2C[Te](=O)[C@@H]3c4cc[n+]([O-])cc4CC[C@H]3[C@@H]2CC1. The van der Waals surface area contributed by atoms with E-state index in [2.05, 4.69) is 0 Å². The standard InChI is InChI=1S/C17H19NO3Te/c1-10(19)12-4-5-14-15-3-2-11-8-18(20)7-6-13(11)17(15)22(21)9-16(12)14/h6-8,14-15,17H,2-5,9H2,1H3/t14-,15-,17+/m0/s1. The Morgan fingerprint density at radius 1 is 1.36 bits per heavy atom. The second-order valence-electron chi connectivity index (χ2n) is 6.64. The molecule has 1 aromatic heterocycles. The Bertz CT molecular complexity index is 725. The van der Waals surface area contributed by atoms with Gasteiger partial charge in [0.15, 0.2) is 0 Å². The Morgan fingerprint density at radius 3 is 2.95 bits per heavy atom. The van der Waals surface area contributed by atoms with Gasteiger partial charge < -0.3 is 0 Å². The first-order valence-corrected chi connectivity index (χ1v) is 11.8. The fourth-order valence-corrected chi connectivity index (χ4v) is 10.6. The van der Waals surface area contributed by atoms with Crippen LogP contribution in [0.4, 0.5) is 0 Å². The van der Waals surface area contributed by atoms with Gasteiger partial charge in [-0.05, 0) is 0 Å². The zero-order valence-electron chi connectivity index (χ0n) is 12.6. The van der Waals surface area contributed by atoms with Crippen molar-refractivity contribution in [2.75, 3.05) is 0 Å². The minimum absolute atomic E-state index is 0.172. The van der Waals surface area contributed by atoms with Crippen LogP contribution in [0.25, 0.3) is 0 Å². The van der Waals surface area contributed by atoms with E-state index in [0.717, 1.165) is 47.1 Å². The maximum absolute atomic E-state index is 13.0. The van der Waals surface area contributed by atoms with E-state index in [1.54, 1.807) is 13.1 Å². The number of pyridine rings is 1. The third-order valence-corrected chi connectivity index (χ3v) is 10.6. The van der Waals surface area contributed by atoms with Crippen LogP contribution in [0.3, 0.4) is 0 Å². The molecule has 1 aromatic rings. The monoisotopic (exact) mass is 415 g/mol. The molecule has 0 bridgehead atoms. The molecule has 0 aromatic carbocycles. The van der Waals surface area contributed by atoms with Gasteiger partial charge in [-0.15, -0.1) is 0 Å². The summed E-state index contributed by atoms with van der Waals surface area (Å²) in [6, 6.07) is 1.89. The molecule has 1 fully saturated rings. The summed E-state index contributed by atoms with van der Waals surface area (Å²) in [5, 5.41) is 11.5. The van der Waals surface area contributed by atoms with E-state index in [1.165, 1.54) is 11.8 Å². The zero-order valence-corrected chi connectivity index (χ0v) is 14.9. The molecule has 5 heteroatoms. The predicted molar refractivity (Wildman–Crippen MR) is 81.6 cm³/mol. The van der Waals surface area contributed by atoms with Crippen LogP contribution in [-0.4, -0.2) is 25.3 Å². The van der Waals surface area contributed by atoms with Crippen molar-refractivity contribution in [1.29, 1.82) is 0 Å². The summed E-state index contributed by atoms with van der Waals surface area (Å²) in [5.74, 6) is 1.04. The quantitative estimate of drug-likeness (QED) is 0.403. The van der Waals surface area contributed by atoms with Crippen molar-refractivity contribution >= 4 is 25.3 Å². The molecule has 1 saturated heterocycles. The molecule has 3 atom stereocenters. The van der Waals surface area contributed by atoms with Gasteiger partial charge in [0.25, 0.3) is 0 Å². The normalized spacial score (nSPS) is 30.7. The molecule has 2 heterocycles. The van der Waals surface area contributed by atoms with Gasteiger partial charge in [0, 0.05) is 0 Å². The number of carbonyl (C=O) groups is 1. The average Bonchev–Trinajstić information content (AvgIpc) is 2.90. The summed E-state index contributed by atoms with van der Waals surface area (Å²) in [4.78, 5) is 11.8. The number of allylic oxidation sites excluding steroid dienone is 2. The van der Waals surface area contributed by atoms with E-state index in [4.69, 9.17) is 0 Å². The Labute approximate surface area is 136 Å².